The molecular weight excluding hydrogens is 189 g/mol. The second-order valence-electron chi connectivity index (χ2n) is 6.56. The smallest absolute Gasteiger partial charge is 0.108 e. The normalized spacial score (nSPS) is 49.2. The van der Waals surface area contributed by atoms with Crippen molar-refractivity contribution in [3.8, 4) is 0 Å². The third kappa shape index (κ3) is 1.37. The van der Waals surface area contributed by atoms with Gasteiger partial charge in [0.05, 0.1) is 0 Å². The summed E-state index contributed by atoms with van der Waals surface area (Å²) >= 11 is 0. The Hall–Kier alpha value is -0.110. The summed E-state index contributed by atoms with van der Waals surface area (Å²) in [7, 11) is 0. The minimum atomic E-state index is -0.480. The Morgan fingerprint density at radius 1 is 1.47 bits per heavy atom. The van der Waals surface area contributed by atoms with E-state index in [2.05, 4.69) is 18.7 Å². The summed E-state index contributed by atoms with van der Waals surface area (Å²) in [6.07, 6.45) is 5.45. The largest absolute Gasteiger partial charge is 0.297 e. The van der Waals surface area contributed by atoms with E-state index in [1.54, 1.807) is 0 Å². The van der Waals surface area contributed by atoms with Gasteiger partial charge in [-0.1, -0.05) is 13.8 Å². The van der Waals surface area contributed by atoms with Gasteiger partial charge >= 0.3 is 0 Å². The monoisotopic (exact) mass is 211 g/mol. The summed E-state index contributed by atoms with van der Waals surface area (Å²) in [6, 6.07) is 0. The first-order chi connectivity index (χ1) is 7.06. The Morgan fingerprint density at radius 2 is 2.20 bits per heavy atom. The van der Waals surface area contributed by atoms with Crippen LogP contribution in [0, 0.1) is 11.3 Å². The van der Waals surface area contributed by atoms with E-state index in [1.165, 1.54) is 25.8 Å². The Labute approximate surface area is 92.0 Å². The van der Waals surface area contributed by atoms with Crippen LogP contribution >= 0.6 is 0 Å². The van der Waals surface area contributed by atoms with Crippen LogP contribution in [0.2, 0.25) is 0 Å². The fourth-order valence-corrected chi connectivity index (χ4v) is 4.24. The second kappa shape index (κ2) is 2.97. The van der Waals surface area contributed by atoms with Crippen LogP contribution in [0.15, 0.2) is 0 Å². The van der Waals surface area contributed by atoms with Crippen molar-refractivity contribution in [2.45, 2.75) is 57.7 Å². The van der Waals surface area contributed by atoms with E-state index in [4.69, 9.17) is 0 Å². The number of hydrogen-bond acceptors (Lipinski definition) is 1. The van der Waals surface area contributed by atoms with E-state index < -0.39 is 6.17 Å². The van der Waals surface area contributed by atoms with E-state index in [0.717, 1.165) is 25.3 Å². The number of fused-ring (bicyclic) bond motifs is 1. The molecule has 0 amide bonds. The Kier molecular flexibility index (Phi) is 1.99. The molecule has 2 aliphatic heterocycles. The Balaban J connectivity index is 1.80. The summed E-state index contributed by atoms with van der Waals surface area (Å²) in [6.45, 7) is 6.88. The molecule has 0 N–H and O–H groups in total. The number of alkyl halides is 1. The quantitative estimate of drug-likeness (QED) is 0.678. The van der Waals surface area contributed by atoms with Crippen molar-refractivity contribution in [1.82, 2.24) is 4.90 Å². The summed E-state index contributed by atoms with van der Waals surface area (Å²) in [5.74, 6) is 0.748. The lowest BCUT2D eigenvalue weighted by Crippen LogP contribution is -2.39. The molecule has 1 spiro atoms. The minimum Gasteiger partial charge on any atom is -0.297 e. The average molecular weight is 211 g/mol. The van der Waals surface area contributed by atoms with E-state index in [1.807, 2.05) is 0 Å². The number of halogens is 1. The summed E-state index contributed by atoms with van der Waals surface area (Å²) in [5.41, 5.74) is 0.504. The molecule has 0 aromatic carbocycles. The fraction of sp³-hybridized carbons (Fsp3) is 1.00. The first-order valence-electron chi connectivity index (χ1n) is 6.46. The van der Waals surface area contributed by atoms with Crippen LogP contribution in [0.1, 0.15) is 46.0 Å². The first-order valence-corrected chi connectivity index (χ1v) is 6.46. The lowest BCUT2D eigenvalue weighted by molar-refractivity contribution is 0.163. The van der Waals surface area contributed by atoms with Crippen molar-refractivity contribution in [3.63, 3.8) is 0 Å². The molecule has 15 heavy (non-hydrogen) atoms. The van der Waals surface area contributed by atoms with Crippen molar-refractivity contribution in [2.75, 3.05) is 13.1 Å². The molecule has 1 saturated carbocycles. The van der Waals surface area contributed by atoms with Gasteiger partial charge in [0, 0.05) is 17.5 Å². The molecule has 0 radical (unpaired) electrons. The molecular formula is C13H22FN. The maximum Gasteiger partial charge on any atom is 0.108 e. The van der Waals surface area contributed by atoms with E-state index in [9.17, 15) is 4.39 Å². The minimum absolute atomic E-state index is 0.106. The van der Waals surface area contributed by atoms with Crippen molar-refractivity contribution >= 4 is 0 Å². The molecule has 0 bridgehead atoms. The molecule has 3 aliphatic rings. The van der Waals surface area contributed by atoms with Crippen LogP contribution in [-0.4, -0.2) is 29.7 Å². The number of rotatable bonds is 2. The molecule has 2 saturated heterocycles. The van der Waals surface area contributed by atoms with Gasteiger partial charge in [-0.15, -0.1) is 0 Å². The highest BCUT2D eigenvalue weighted by Gasteiger charge is 2.66. The molecule has 1 aliphatic carbocycles. The summed E-state index contributed by atoms with van der Waals surface area (Å²) in [4.78, 5) is 2.62. The zero-order valence-electron chi connectivity index (χ0n) is 9.93. The van der Waals surface area contributed by atoms with Gasteiger partial charge in [0.1, 0.15) is 6.17 Å². The maximum atomic E-state index is 13.5. The standard InChI is InChI=1S/C13H22FN/c1-10(2)6-13-4-3-5-15(13)9-12(8-13)7-11(12)14/h10-11H,3-9H2,1-2H3/t11-,12-,13-/m1/s1. The molecule has 86 valence electrons. The lowest BCUT2D eigenvalue weighted by Gasteiger charge is -2.33. The van der Waals surface area contributed by atoms with Gasteiger partial charge in [0.25, 0.3) is 0 Å². The molecule has 1 nitrogen and oxygen atoms in total. The molecule has 2 heteroatoms. The SMILES string of the molecule is CC(C)C[C@@]12CCCN1C[C@@]1(C[C@H]1F)C2. The van der Waals surface area contributed by atoms with Gasteiger partial charge < -0.3 is 0 Å². The van der Waals surface area contributed by atoms with Gasteiger partial charge in [-0.3, -0.25) is 4.90 Å². The zero-order chi connectivity index (χ0) is 10.7. The number of nitrogens with zero attached hydrogens (tertiary/aromatic N) is 1. The third-order valence-electron chi connectivity index (χ3n) is 4.81. The van der Waals surface area contributed by atoms with Crippen LogP contribution < -0.4 is 0 Å². The highest BCUT2D eigenvalue weighted by Crippen LogP contribution is 2.63. The molecule has 2 heterocycles. The van der Waals surface area contributed by atoms with Gasteiger partial charge in [-0.2, -0.15) is 0 Å². The highest BCUT2D eigenvalue weighted by molar-refractivity contribution is 5.18. The van der Waals surface area contributed by atoms with Crippen molar-refractivity contribution < 1.29 is 4.39 Å². The zero-order valence-corrected chi connectivity index (χ0v) is 9.93. The van der Waals surface area contributed by atoms with Crippen molar-refractivity contribution in [2.24, 2.45) is 11.3 Å². The van der Waals surface area contributed by atoms with Crippen molar-refractivity contribution in [3.05, 3.63) is 0 Å². The number of hydrogen-bond donors (Lipinski definition) is 0. The van der Waals surface area contributed by atoms with Crippen LogP contribution in [-0.2, 0) is 0 Å². The van der Waals surface area contributed by atoms with Crippen LogP contribution in [0.3, 0.4) is 0 Å². The molecule has 0 unspecified atom stereocenters. The summed E-state index contributed by atoms with van der Waals surface area (Å²) < 4.78 is 13.5. The van der Waals surface area contributed by atoms with Crippen molar-refractivity contribution in [1.29, 1.82) is 0 Å². The predicted molar refractivity (Wildman–Crippen MR) is 59.6 cm³/mol. The average Bonchev–Trinajstić information content (AvgIpc) is 2.47. The topological polar surface area (TPSA) is 3.24 Å². The van der Waals surface area contributed by atoms with Crippen LogP contribution in [0.5, 0.6) is 0 Å². The second-order valence-corrected chi connectivity index (χ2v) is 6.56. The predicted octanol–water partition coefficient (Wildman–Crippen LogP) is 3.00. The third-order valence-corrected chi connectivity index (χ3v) is 4.81. The molecule has 0 aromatic heterocycles. The van der Waals surface area contributed by atoms with Crippen LogP contribution in [0.25, 0.3) is 0 Å². The van der Waals surface area contributed by atoms with E-state index >= 15 is 0 Å². The van der Waals surface area contributed by atoms with Gasteiger partial charge in [-0.05, 0) is 44.6 Å². The highest BCUT2D eigenvalue weighted by atomic mass is 19.1. The molecule has 0 aromatic rings. The van der Waals surface area contributed by atoms with Gasteiger partial charge in [-0.25, -0.2) is 4.39 Å². The van der Waals surface area contributed by atoms with E-state index in [-0.39, 0.29) is 5.41 Å². The lowest BCUT2D eigenvalue weighted by atomic mass is 9.82. The van der Waals surface area contributed by atoms with Crippen LogP contribution in [0.4, 0.5) is 4.39 Å². The maximum absolute atomic E-state index is 13.5. The van der Waals surface area contributed by atoms with E-state index in [0.29, 0.717) is 5.54 Å². The molecule has 3 atom stereocenters. The van der Waals surface area contributed by atoms with Gasteiger partial charge in [0.2, 0.25) is 0 Å². The Bertz CT molecular complexity index is 278. The summed E-state index contributed by atoms with van der Waals surface area (Å²) in [5, 5.41) is 0. The van der Waals surface area contributed by atoms with Gasteiger partial charge in [0.15, 0.2) is 0 Å². The molecule has 3 rings (SSSR count). The fourth-order valence-electron chi connectivity index (χ4n) is 4.24. The molecule has 3 fully saturated rings. The first kappa shape index (κ1) is 10.1. The Morgan fingerprint density at radius 3 is 2.80 bits per heavy atom.